The minimum atomic E-state index is 0.683. The Balaban J connectivity index is 1.62. The zero-order chi connectivity index (χ0) is 12.8. The molecule has 3 heteroatoms. The second-order valence-corrected chi connectivity index (χ2v) is 5.68. The SMILES string of the molecule is C=COCCCNC1CC(c2ccc(Br)cc2)C1. The van der Waals surface area contributed by atoms with Crippen LogP contribution in [0.25, 0.3) is 0 Å². The lowest BCUT2D eigenvalue weighted by Gasteiger charge is -2.36. The molecule has 0 spiro atoms. The van der Waals surface area contributed by atoms with E-state index in [-0.39, 0.29) is 0 Å². The van der Waals surface area contributed by atoms with Gasteiger partial charge < -0.3 is 10.1 Å². The Kier molecular flexibility index (Phi) is 5.26. The van der Waals surface area contributed by atoms with Crippen LogP contribution in [-0.4, -0.2) is 19.2 Å². The van der Waals surface area contributed by atoms with Gasteiger partial charge in [0.25, 0.3) is 0 Å². The van der Waals surface area contributed by atoms with Crippen LogP contribution >= 0.6 is 15.9 Å². The molecule has 1 saturated carbocycles. The minimum Gasteiger partial charge on any atom is -0.502 e. The number of hydrogen-bond donors (Lipinski definition) is 1. The van der Waals surface area contributed by atoms with Gasteiger partial charge in [-0.05, 0) is 49.4 Å². The van der Waals surface area contributed by atoms with Gasteiger partial charge >= 0.3 is 0 Å². The van der Waals surface area contributed by atoms with E-state index in [2.05, 4.69) is 52.1 Å². The lowest BCUT2D eigenvalue weighted by Crippen LogP contribution is -2.40. The highest BCUT2D eigenvalue weighted by Crippen LogP contribution is 2.37. The zero-order valence-electron chi connectivity index (χ0n) is 10.6. The number of halogens is 1. The monoisotopic (exact) mass is 309 g/mol. The molecule has 0 heterocycles. The van der Waals surface area contributed by atoms with Crippen LogP contribution in [0.5, 0.6) is 0 Å². The van der Waals surface area contributed by atoms with Crippen molar-refractivity contribution in [2.75, 3.05) is 13.2 Å². The lowest BCUT2D eigenvalue weighted by molar-refractivity contribution is 0.232. The predicted molar refractivity (Wildman–Crippen MR) is 78.7 cm³/mol. The van der Waals surface area contributed by atoms with Crippen LogP contribution in [0.15, 0.2) is 41.6 Å². The second kappa shape index (κ2) is 6.95. The van der Waals surface area contributed by atoms with Gasteiger partial charge in [-0.3, -0.25) is 0 Å². The largest absolute Gasteiger partial charge is 0.502 e. The number of ether oxygens (including phenoxy) is 1. The third-order valence-corrected chi connectivity index (χ3v) is 4.00. The molecule has 1 fully saturated rings. The molecule has 0 atom stereocenters. The molecule has 18 heavy (non-hydrogen) atoms. The summed E-state index contributed by atoms with van der Waals surface area (Å²) in [6.45, 7) is 5.32. The fourth-order valence-electron chi connectivity index (χ4n) is 2.34. The topological polar surface area (TPSA) is 21.3 Å². The van der Waals surface area contributed by atoms with Gasteiger partial charge in [0.15, 0.2) is 0 Å². The quantitative estimate of drug-likeness (QED) is 0.610. The maximum atomic E-state index is 5.09. The first kappa shape index (κ1) is 13.6. The van der Waals surface area contributed by atoms with Crippen molar-refractivity contribution in [1.82, 2.24) is 5.32 Å². The standard InChI is InChI=1S/C15H20BrNO/c1-2-18-9-3-8-17-15-10-13(11-15)12-4-6-14(16)7-5-12/h2,4-7,13,15,17H,1,3,8-11H2. The summed E-state index contributed by atoms with van der Waals surface area (Å²) in [4.78, 5) is 0. The molecule has 1 aromatic rings. The third-order valence-electron chi connectivity index (χ3n) is 3.47. The number of nitrogens with one attached hydrogen (secondary N) is 1. The molecule has 0 unspecified atom stereocenters. The molecule has 98 valence electrons. The Bertz CT molecular complexity index is 371. The predicted octanol–water partition coefficient (Wildman–Crippen LogP) is 3.83. The van der Waals surface area contributed by atoms with Gasteiger partial charge in [0, 0.05) is 10.5 Å². The Morgan fingerprint density at radius 2 is 2.06 bits per heavy atom. The van der Waals surface area contributed by atoms with Crippen molar-refractivity contribution in [2.45, 2.75) is 31.2 Å². The summed E-state index contributed by atoms with van der Waals surface area (Å²) in [7, 11) is 0. The highest BCUT2D eigenvalue weighted by Gasteiger charge is 2.29. The maximum Gasteiger partial charge on any atom is 0.0885 e. The summed E-state index contributed by atoms with van der Waals surface area (Å²) in [6.07, 6.45) is 5.06. The van der Waals surface area contributed by atoms with Crippen molar-refractivity contribution in [1.29, 1.82) is 0 Å². The number of benzene rings is 1. The molecule has 1 aliphatic rings. The lowest BCUT2D eigenvalue weighted by atomic mass is 9.76. The second-order valence-electron chi connectivity index (χ2n) is 4.76. The Morgan fingerprint density at radius 1 is 1.33 bits per heavy atom. The summed E-state index contributed by atoms with van der Waals surface area (Å²) >= 11 is 3.47. The van der Waals surface area contributed by atoms with Crippen molar-refractivity contribution >= 4 is 15.9 Å². The molecule has 0 amide bonds. The fraction of sp³-hybridized carbons (Fsp3) is 0.467. The molecule has 0 aromatic heterocycles. The summed E-state index contributed by atoms with van der Waals surface area (Å²) in [6, 6.07) is 9.39. The van der Waals surface area contributed by atoms with Crippen LogP contribution in [0.1, 0.15) is 30.7 Å². The first-order valence-electron chi connectivity index (χ1n) is 6.51. The van der Waals surface area contributed by atoms with Gasteiger partial charge in [0.2, 0.25) is 0 Å². The van der Waals surface area contributed by atoms with Crippen LogP contribution in [0.4, 0.5) is 0 Å². The van der Waals surface area contributed by atoms with E-state index in [1.807, 2.05) is 0 Å². The van der Waals surface area contributed by atoms with Crippen LogP contribution in [0.2, 0.25) is 0 Å². The van der Waals surface area contributed by atoms with E-state index in [4.69, 9.17) is 4.74 Å². The van der Waals surface area contributed by atoms with Crippen molar-refractivity contribution in [3.8, 4) is 0 Å². The molecule has 1 N–H and O–H groups in total. The molecule has 2 rings (SSSR count). The average molecular weight is 310 g/mol. The Labute approximate surface area is 118 Å². The molecule has 2 nitrogen and oxygen atoms in total. The highest BCUT2D eigenvalue weighted by molar-refractivity contribution is 9.10. The molecule has 0 aliphatic heterocycles. The van der Waals surface area contributed by atoms with Gasteiger partial charge in [0.1, 0.15) is 0 Å². The Morgan fingerprint density at radius 3 is 2.72 bits per heavy atom. The van der Waals surface area contributed by atoms with Crippen molar-refractivity contribution in [3.63, 3.8) is 0 Å². The van der Waals surface area contributed by atoms with Gasteiger partial charge in [0.05, 0.1) is 12.9 Å². The van der Waals surface area contributed by atoms with Gasteiger partial charge in [-0.25, -0.2) is 0 Å². The van der Waals surface area contributed by atoms with E-state index in [9.17, 15) is 0 Å². The fourth-order valence-corrected chi connectivity index (χ4v) is 2.60. The van der Waals surface area contributed by atoms with E-state index in [0.717, 1.165) is 30.0 Å². The first-order chi connectivity index (χ1) is 8.79. The van der Waals surface area contributed by atoms with Gasteiger partial charge in [-0.1, -0.05) is 34.6 Å². The van der Waals surface area contributed by atoms with E-state index in [0.29, 0.717) is 6.04 Å². The summed E-state index contributed by atoms with van der Waals surface area (Å²) < 4.78 is 6.24. The minimum absolute atomic E-state index is 0.683. The zero-order valence-corrected chi connectivity index (χ0v) is 12.2. The van der Waals surface area contributed by atoms with Crippen LogP contribution in [-0.2, 0) is 4.74 Å². The van der Waals surface area contributed by atoms with Crippen LogP contribution in [0.3, 0.4) is 0 Å². The molecule has 1 aliphatic carbocycles. The van der Waals surface area contributed by atoms with Crippen molar-refractivity contribution in [2.24, 2.45) is 0 Å². The average Bonchev–Trinajstić information content (AvgIpc) is 2.33. The van der Waals surface area contributed by atoms with E-state index in [1.165, 1.54) is 24.7 Å². The normalized spacial score (nSPS) is 22.3. The molecule has 0 saturated heterocycles. The smallest absolute Gasteiger partial charge is 0.0885 e. The maximum absolute atomic E-state index is 5.09. The molecular weight excluding hydrogens is 290 g/mol. The molecule has 0 bridgehead atoms. The third kappa shape index (κ3) is 3.85. The van der Waals surface area contributed by atoms with E-state index < -0.39 is 0 Å². The van der Waals surface area contributed by atoms with Gasteiger partial charge in [-0.2, -0.15) is 0 Å². The summed E-state index contributed by atoms with van der Waals surface area (Å²) in [5.41, 5.74) is 1.46. The van der Waals surface area contributed by atoms with Crippen molar-refractivity contribution < 1.29 is 4.74 Å². The van der Waals surface area contributed by atoms with Crippen molar-refractivity contribution in [3.05, 3.63) is 47.1 Å². The summed E-state index contributed by atoms with van der Waals surface area (Å²) in [5, 5.41) is 3.57. The number of rotatable bonds is 7. The molecule has 1 aromatic carbocycles. The van der Waals surface area contributed by atoms with Gasteiger partial charge in [-0.15, -0.1) is 0 Å². The number of hydrogen-bond acceptors (Lipinski definition) is 2. The molecule has 0 radical (unpaired) electrons. The van der Waals surface area contributed by atoms with E-state index in [1.54, 1.807) is 0 Å². The van der Waals surface area contributed by atoms with E-state index >= 15 is 0 Å². The Hall–Kier alpha value is -0.800. The first-order valence-corrected chi connectivity index (χ1v) is 7.30. The molecular formula is C15H20BrNO. The highest BCUT2D eigenvalue weighted by atomic mass is 79.9. The summed E-state index contributed by atoms with van der Waals surface area (Å²) in [5.74, 6) is 0.736. The van der Waals surface area contributed by atoms with Crippen LogP contribution in [0, 0.1) is 0 Å². The van der Waals surface area contributed by atoms with Crippen LogP contribution < -0.4 is 5.32 Å².